The van der Waals surface area contributed by atoms with Crippen molar-refractivity contribution < 1.29 is 4.42 Å². The van der Waals surface area contributed by atoms with Crippen LogP contribution in [0.15, 0.2) is 180 Å². The van der Waals surface area contributed by atoms with Gasteiger partial charge >= 0.3 is 0 Å². The molecule has 0 unspecified atom stereocenters. The van der Waals surface area contributed by atoms with Gasteiger partial charge in [0.25, 0.3) is 0 Å². The zero-order valence-corrected chi connectivity index (χ0v) is 26.1. The summed E-state index contributed by atoms with van der Waals surface area (Å²) in [4.78, 5) is 2.41. The van der Waals surface area contributed by atoms with Crippen molar-refractivity contribution in [1.29, 1.82) is 0 Å². The van der Waals surface area contributed by atoms with Crippen LogP contribution in [-0.4, -0.2) is 0 Å². The van der Waals surface area contributed by atoms with E-state index in [4.69, 9.17) is 4.42 Å². The standard InChI is InChI=1S/C46H29NO/c1-2-13-34(14-3-1)47(35-26-23-32(24-27-35)37-18-10-20-43-45(37)40-17-8-9-19-42(40)48-43)41-29-33-22-21-30-11-4-6-15-36(30)44(33)46-38-16-7-5-12-31(38)25-28-39(41)46/h1-29H. The Hall–Kier alpha value is -6.38. The zero-order chi connectivity index (χ0) is 31.6. The second-order valence-corrected chi connectivity index (χ2v) is 12.5. The molecule has 0 radical (unpaired) electrons. The lowest BCUT2D eigenvalue weighted by molar-refractivity contribution is 0.669. The molecule has 1 aromatic heterocycles. The molecule has 0 saturated heterocycles. The molecule has 10 rings (SSSR count). The maximum absolute atomic E-state index is 6.22. The molecule has 0 aliphatic heterocycles. The number of benzene rings is 9. The van der Waals surface area contributed by atoms with Crippen molar-refractivity contribution in [3.05, 3.63) is 176 Å². The fourth-order valence-electron chi connectivity index (χ4n) is 7.66. The smallest absolute Gasteiger partial charge is 0.136 e. The minimum absolute atomic E-state index is 0.908. The highest BCUT2D eigenvalue weighted by Crippen LogP contribution is 2.46. The summed E-state index contributed by atoms with van der Waals surface area (Å²) in [6.45, 7) is 0. The normalized spacial score (nSPS) is 11.8. The molecule has 48 heavy (non-hydrogen) atoms. The molecule has 2 heteroatoms. The number of nitrogens with zero attached hydrogens (tertiary/aromatic N) is 1. The Bertz CT molecular complexity index is 2830. The zero-order valence-electron chi connectivity index (χ0n) is 26.1. The largest absolute Gasteiger partial charge is 0.456 e. The van der Waals surface area contributed by atoms with E-state index in [2.05, 4.69) is 169 Å². The van der Waals surface area contributed by atoms with Crippen molar-refractivity contribution in [3.63, 3.8) is 0 Å². The predicted octanol–water partition coefficient (Wildman–Crippen LogP) is 13.3. The van der Waals surface area contributed by atoms with Gasteiger partial charge in [-0.15, -0.1) is 0 Å². The number of furan rings is 1. The summed E-state index contributed by atoms with van der Waals surface area (Å²) in [7, 11) is 0. The lowest BCUT2D eigenvalue weighted by Gasteiger charge is -2.28. The van der Waals surface area contributed by atoms with Gasteiger partial charge in [0.1, 0.15) is 11.2 Å². The van der Waals surface area contributed by atoms with E-state index in [1.807, 2.05) is 12.1 Å². The fourth-order valence-corrected chi connectivity index (χ4v) is 7.66. The van der Waals surface area contributed by atoms with Crippen molar-refractivity contribution in [1.82, 2.24) is 0 Å². The summed E-state index contributed by atoms with van der Waals surface area (Å²) in [5.41, 5.74) is 7.52. The maximum atomic E-state index is 6.22. The van der Waals surface area contributed by atoms with E-state index in [1.54, 1.807) is 0 Å². The highest BCUT2D eigenvalue weighted by atomic mass is 16.3. The molecular weight excluding hydrogens is 583 g/mol. The summed E-state index contributed by atoms with van der Waals surface area (Å²) in [5.74, 6) is 0. The number of anilines is 3. The van der Waals surface area contributed by atoms with Crippen molar-refractivity contribution >= 4 is 82.1 Å². The third-order valence-electron chi connectivity index (χ3n) is 9.80. The van der Waals surface area contributed by atoms with Gasteiger partial charge in [0.2, 0.25) is 0 Å². The van der Waals surface area contributed by atoms with Crippen LogP contribution in [-0.2, 0) is 0 Å². The molecule has 2 nitrogen and oxygen atoms in total. The Morgan fingerprint density at radius 3 is 1.75 bits per heavy atom. The minimum atomic E-state index is 0.908. The molecule has 224 valence electrons. The number of hydrogen-bond donors (Lipinski definition) is 0. The third kappa shape index (κ3) is 4.06. The van der Waals surface area contributed by atoms with Gasteiger partial charge in [-0.25, -0.2) is 0 Å². The first-order valence-corrected chi connectivity index (χ1v) is 16.4. The van der Waals surface area contributed by atoms with Crippen LogP contribution >= 0.6 is 0 Å². The lowest BCUT2D eigenvalue weighted by atomic mass is 9.91. The Morgan fingerprint density at radius 2 is 0.958 bits per heavy atom. The van der Waals surface area contributed by atoms with E-state index in [-0.39, 0.29) is 0 Å². The molecule has 1 heterocycles. The van der Waals surface area contributed by atoms with Crippen molar-refractivity contribution in [3.8, 4) is 11.1 Å². The summed E-state index contributed by atoms with van der Waals surface area (Å²) in [5, 5.41) is 12.4. The first-order chi connectivity index (χ1) is 23.8. The van der Waals surface area contributed by atoms with Gasteiger partial charge in [-0.3, -0.25) is 0 Å². The van der Waals surface area contributed by atoms with Crippen molar-refractivity contribution in [2.24, 2.45) is 0 Å². The van der Waals surface area contributed by atoms with Crippen LogP contribution < -0.4 is 4.90 Å². The van der Waals surface area contributed by atoms with E-state index in [0.29, 0.717) is 0 Å². The van der Waals surface area contributed by atoms with Crippen molar-refractivity contribution in [2.75, 3.05) is 4.90 Å². The molecule has 10 aromatic rings. The molecule has 0 spiro atoms. The number of para-hydroxylation sites is 2. The highest BCUT2D eigenvalue weighted by molar-refractivity contribution is 6.30. The Morgan fingerprint density at radius 1 is 0.354 bits per heavy atom. The maximum Gasteiger partial charge on any atom is 0.136 e. The molecule has 0 fully saturated rings. The topological polar surface area (TPSA) is 16.4 Å². The van der Waals surface area contributed by atoms with Gasteiger partial charge in [0.05, 0.1) is 5.69 Å². The third-order valence-corrected chi connectivity index (χ3v) is 9.80. The monoisotopic (exact) mass is 611 g/mol. The van der Waals surface area contributed by atoms with Gasteiger partial charge in [0, 0.05) is 32.9 Å². The first kappa shape index (κ1) is 26.8. The van der Waals surface area contributed by atoms with Crippen molar-refractivity contribution in [2.45, 2.75) is 0 Å². The quantitative estimate of drug-likeness (QED) is 0.184. The van der Waals surface area contributed by atoms with E-state index in [0.717, 1.165) is 44.6 Å². The van der Waals surface area contributed by atoms with E-state index in [9.17, 15) is 0 Å². The SMILES string of the molecule is c1ccc(N(c2ccc(-c3cccc4oc5ccccc5c34)cc2)c2cc3ccc4ccccc4c3c3c2ccc2ccccc23)cc1. The lowest BCUT2D eigenvalue weighted by Crippen LogP contribution is -2.10. The molecule has 0 saturated carbocycles. The minimum Gasteiger partial charge on any atom is -0.456 e. The molecule has 0 atom stereocenters. The van der Waals surface area contributed by atoms with Gasteiger partial charge in [0.15, 0.2) is 0 Å². The van der Waals surface area contributed by atoms with Crippen LogP contribution in [0.25, 0.3) is 76.2 Å². The summed E-state index contributed by atoms with van der Waals surface area (Å²) in [6, 6.07) is 63.3. The highest BCUT2D eigenvalue weighted by Gasteiger charge is 2.20. The summed E-state index contributed by atoms with van der Waals surface area (Å²) in [6.07, 6.45) is 0. The van der Waals surface area contributed by atoms with Crippen LogP contribution in [0.4, 0.5) is 17.1 Å². The van der Waals surface area contributed by atoms with Crippen LogP contribution in [0.3, 0.4) is 0 Å². The Labute approximate surface area is 277 Å². The van der Waals surface area contributed by atoms with Gasteiger partial charge in [-0.1, -0.05) is 133 Å². The van der Waals surface area contributed by atoms with Gasteiger partial charge in [-0.05, 0) is 85.9 Å². The number of hydrogen-bond acceptors (Lipinski definition) is 2. The van der Waals surface area contributed by atoms with Crippen LogP contribution in [0.1, 0.15) is 0 Å². The fraction of sp³-hybridized carbons (Fsp3) is 0. The second kappa shape index (κ2) is 10.6. The second-order valence-electron chi connectivity index (χ2n) is 12.5. The molecule has 9 aromatic carbocycles. The van der Waals surface area contributed by atoms with Gasteiger partial charge in [-0.2, -0.15) is 0 Å². The average Bonchev–Trinajstić information content (AvgIpc) is 3.54. The number of fused-ring (bicyclic) bond motifs is 10. The molecule has 0 bridgehead atoms. The molecule has 0 aliphatic rings. The predicted molar refractivity (Wildman–Crippen MR) is 204 cm³/mol. The summed E-state index contributed by atoms with van der Waals surface area (Å²) >= 11 is 0. The summed E-state index contributed by atoms with van der Waals surface area (Å²) < 4.78 is 6.22. The van der Waals surface area contributed by atoms with E-state index < -0.39 is 0 Å². The number of rotatable bonds is 4. The van der Waals surface area contributed by atoms with Crippen LogP contribution in [0, 0.1) is 0 Å². The van der Waals surface area contributed by atoms with Gasteiger partial charge < -0.3 is 9.32 Å². The van der Waals surface area contributed by atoms with Crippen LogP contribution in [0.2, 0.25) is 0 Å². The Kier molecular flexibility index (Phi) is 5.91. The van der Waals surface area contributed by atoms with E-state index in [1.165, 1.54) is 48.7 Å². The molecular formula is C46H29NO. The van der Waals surface area contributed by atoms with Crippen LogP contribution in [0.5, 0.6) is 0 Å². The van der Waals surface area contributed by atoms with E-state index >= 15 is 0 Å². The molecule has 0 aliphatic carbocycles. The molecule has 0 N–H and O–H groups in total. The first-order valence-electron chi connectivity index (χ1n) is 16.4. The Balaban J connectivity index is 1.23. The average molecular weight is 612 g/mol. The molecule has 0 amide bonds.